The molecule has 3 rings (SSSR count). The Kier molecular flexibility index (Phi) is 4.42. The van der Waals surface area contributed by atoms with E-state index in [2.05, 4.69) is 20.2 Å². The largest absolute Gasteiger partial charge is 0.504 e. The molecule has 0 saturated carbocycles. The van der Waals surface area contributed by atoms with Gasteiger partial charge in [-0.05, 0) is 48.0 Å². The van der Waals surface area contributed by atoms with Crippen molar-refractivity contribution < 1.29 is 14.6 Å². The van der Waals surface area contributed by atoms with Crippen molar-refractivity contribution in [3.05, 3.63) is 48.0 Å². The molecule has 122 valence electrons. The average Bonchev–Trinajstić information content (AvgIpc) is 3.10. The maximum atomic E-state index is 9.58. The minimum Gasteiger partial charge on any atom is -0.504 e. The van der Waals surface area contributed by atoms with Gasteiger partial charge in [0.25, 0.3) is 5.95 Å². The average molecular weight is 324 g/mol. The van der Waals surface area contributed by atoms with E-state index in [9.17, 15) is 5.11 Å². The molecule has 0 amide bonds. The summed E-state index contributed by atoms with van der Waals surface area (Å²) in [6, 6.07) is 12.4. The van der Waals surface area contributed by atoms with Gasteiger partial charge in [0, 0.05) is 11.8 Å². The molecule has 0 atom stereocenters. The van der Waals surface area contributed by atoms with Crippen LogP contribution in [0.15, 0.2) is 47.5 Å². The van der Waals surface area contributed by atoms with E-state index in [1.165, 1.54) is 7.11 Å². The lowest BCUT2D eigenvalue weighted by molar-refractivity contribution is 0.373. The SMILES string of the molecule is COc1ccc(-c2nc(N=Cc3ccc(O)c(OC)c3)n[nH]2)cc1. The van der Waals surface area contributed by atoms with Gasteiger partial charge >= 0.3 is 0 Å². The van der Waals surface area contributed by atoms with Gasteiger partial charge in [0.1, 0.15) is 5.75 Å². The van der Waals surface area contributed by atoms with E-state index in [0.717, 1.165) is 16.9 Å². The molecule has 0 radical (unpaired) electrons. The summed E-state index contributed by atoms with van der Waals surface area (Å²) in [6.45, 7) is 0. The van der Waals surface area contributed by atoms with Crippen molar-refractivity contribution >= 4 is 12.2 Å². The second-order valence-corrected chi connectivity index (χ2v) is 4.90. The number of phenolic OH excluding ortho intramolecular Hbond substituents is 1. The van der Waals surface area contributed by atoms with Crippen molar-refractivity contribution in [2.45, 2.75) is 0 Å². The summed E-state index contributed by atoms with van der Waals surface area (Å²) in [7, 11) is 3.11. The number of phenols is 1. The third-order valence-electron chi connectivity index (χ3n) is 3.37. The second-order valence-electron chi connectivity index (χ2n) is 4.90. The second kappa shape index (κ2) is 6.82. The highest BCUT2D eigenvalue weighted by molar-refractivity contribution is 5.82. The number of hydrogen-bond acceptors (Lipinski definition) is 6. The first kappa shape index (κ1) is 15.5. The summed E-state index contributed by atoms with van der Waals surface area (Å²) < 4.78 is 10.2. The van der Waals surface area contributed by atoms with Crippen LogP contribution in [0.5, 0.6) is 17.2 Å². The molecule has 0 fully saturated rings. The number of aromatic nitrogens is 3. The molecule has 3 aromatic rings. The van der Waals surface area contributed by atoms with E-state index >= 15 is 0 Å². The first-order valence-corrected chi connectivity index (χ1v) is 7.17. The normalized spacial score (nSPS) is 10.9. The van der Waals surface area contributed by atoms with Crippen molar-refractivity contribution in [3.63, 3.8) is 0 Å². The van der Waals surface area contributed by atoms with E-state index < -0.39 is 0 Å². The van der Waals surface area contributed by atoms with Gasteiger partial charge in [0.15, 0.2) is 17.3 Å². The number of hydrogen-bond donors (Lipinski definition) is 2. The van der Waals surface area contributed by atoms with Crippen LogP contribution >= 0.6 is 0 Å². The smallest absolute Gasteiger partial charge is 0.268 e. The first-order valence-electron chi connectivity index (χ1n) is 7.17. The van der Waals surface area contributed by atoms with Crippen LogP contribution in [-0.2, 0) is 0 Å². The van der Waals surface area contributed by atoms with Gasteiger partial charge in [-0.25, -0.2) is 4.99 Å². The fourth-order valence-electron chi connectivity index (χ4n) is 2.10. The molecule has 2 aromatic carbocycles. The molecule has 0 aliphatic rings. The molecule has 0 bridgehead atoms. The van der Waals surface area contributed by atoms with E-state index in [4.69, 9.17) is 9.47 Å². The van der Waals surface area contributed by atoms with Crippen molar-refractivity contribution in [3.8, 4) is 28.6 Å². The van der Waals surface area contributed by atoms with Crippen LogP contribution < -0.4 is 9.47 Å². The third-order valence-corrected chi connectivity index (χ3v) is 3.37. The summed E-state index contributed by atoms with van der Waals surface area (Å²) in [5, 5.41) is 16.5. The lowest BCUT2D eigenvalue weighted by Crippen LogP contribution is -1.87. The quantitative estimate of drug-likeness (QED) is 0.704. The zero-order valence-corrected chi connectivity index (χ0v) is 13.2. The number of H-pyrrole nitrogens is 1. The number of ether oxygens (including phenoxy) is 2. The zero-order valence-electron chi connectivity index (χ0n) is 13.2. The summed E-state index contributed by atoms with van der Waals surface area (Å²) in [5.74, 6) is 2.17. The molecule has 0 unspecified atom stereocenters. The molecule has 0 saturated heterocycles. The highest BCUT2D eigenvalue weighted by Gasteiger charge is 2.05. The van der Waals surface area contributed by atoms with Gasteiger partial charge in [-0.3, -0.25) is 5.10 Å². The van der Waals surface area contributed by atoms with Gasteiger partial charge in [-0.15, -0.1) is 5.10 Å². The Bertz CT molecular complexity index is 857. The van der Waals surface area contributed by atoms with E-state index in [0.29, 0.717) is 17.5 Å². The van der Waals surface area contributed by atoms with Gasteiger partial charge in [-0.2, -0.15) is 4.98 Å². The Labute approximate surface area is 138 Å². The van der Waals surface area contributed by atoms with Crippen LogP contribution in [0, 0.1) is 0 Å². The topological polar surface area (TPSA) is 92.6 Å². The van der Waals surface area contributed by atoms with Gasteiger partial charge in [0.05, 0.1) is 14.2 Å². The number of benzene rings is 2. The monoisotopic (exact) mass is 324 g/mol. The molecular formula is C17H16N4O3. The summed E-state index contributed by atoms with van der Waals surface area (Å²) in [4.78, 5) is 8.55. The van der Waals surface area contributed by atoms with Crippen LogP contribution in [0.3, 0.4) is 0 Å². The summed E-state index contributed by atoms with van der Waals surface area (Å²) in [6.07, 6.45) is 1.60. The molecule has 0 aliphatic heterocycles. The standard InChI is InChI=1S/C17H16N4O3/c1-23-13-6-4-12(5-7-13)16-19-17(21-20-16)18-10-11-3-8-14(22)15(9-11)24-2/h3-10,22H,1-2H3,(H,19,20,21). The maximum Gasteiger partial charge on any atom is 0.268 e. The highest BCUT2D eigenvalue weighted by atomic mass is 16.5. The Morgan fingerprint density at radius 3 is 2.58 bits per heavy atom. The molecule has 2 N–H and O–H groups in total. The Hall–Kier alpha value is -3.35. The molecule has 24 heavy (non-hydrogen) atoms. The van der Waals surface area contributed by atoms with Crippen molar-refractivity contribution in [2.75, 3.05) is 14.2 Å². The van der Waals surface area contributed by atoms with Gasteiger partial charge in [0.2, 0.25) is 0 Å². The van der Waals surface area contributed by atoms with Gasteiger partial charge < -0.3 is 14.6 Å². The van der Waals surface area contributed by atoms with E-state index in [1.807, 2.05) is 24.3 Å². The van der Waals surface area contributed by atoms with Crippen LogP contribution in [0.2, 0.25) is 0 Å². The summed E-state index contributed by atoms with van der Waals surface area (Å²) >= 11 is 0. The molecule has 1 aromatic heterocycles. The van der Waals surface area contributed by atoms with Crippen molar-refractivity contribution in [1.82, 2.24) is 15.2 Å². The fraction of sp³-hybridized carbons (Fsp3) is 0.118. The van der Waals surface area contributed by atoms with E-state index in [1.54, 1.807) is 31.5 Å². The highest BCUT2D eigenvalue weighted by Crippen LogP contribution is 2.26. The van der Waals surface area contributed by atoms with Crippen LogP contribution in [0.4, 0.5) is 5.95 Å². The minimum absolute atomic E-state index is 0.0781. The molecule has 7 heteroatoms. The lowest BCUT2D eigenvalue weighted by atomic mass is 10.2. The predicted octanol–water partition coefficient (Wildman–Crippen LogP) is 2.95. The molecule has 0 spiro atoms. The van der Waals surface area contributed by atoms with Gasteiger partial charge in [-0.1, -0.05) is 0 Å². The molecule has 0 aliphatic carbocycles. The van der Waals surface area contributed by atoms with E-state index in [-0.39, 0.29) is 5.75 Å². The number of aromatic amines is 1. The molecule has 1 heterocycles. The third kappa shape index (κ3) is 3.35. The lowest BCUT2D eigenvalue weighted by Gasteiger charge is -2.02. The molecule has 7 nitrogen and oxygen atoms in total. The number of aliphatic imine (C=N–C) groups is 1. The van der Waals surface area contributed by atoms with Crippen molar-refractivity contribution in [2.24, 2.45) is 4.99 Å². The van der Waals surface area contributed by atoms with Crippen LogP contribution in [0.25, 0.3) is 11.4 Å². The Morgan fingerprint density at radius 2 is 1.88 bits per heavy atom. The number of aromatic hydroxyl groups is 1. The Morgan fingerprint density at radius 1 is 1.08 bits per heavy atom. The predicted molar refractivity (Wildman–Crippen MR) is 90.3 cm³/mol. The van der Waals surface area contributed by atoms with Crippen molar-refractivity contribution in [1.29, 1.82) is 0 Å². The first-order chi connectivity index (χ1) is 11.7. The molecular weight excluding hydrogens is 308 g/mol. The Balaban J connectivity index is 1.78. The number of methoxy groups -OCH3 is 2. The number of rotatable bonds is 5. The number of nitrogens with one attached hydrogen (secondary N) is 1. The fourth-order valence-corrected chi connectivity index (χ4v) is 2.10. The van der Waals surface area contributed by atoms with Crippen LogP contribution in [-0.4, -0.2) is 40.7 Å². The maximum absolute atomic E-state index is 9.58. The zero-order chi connectivity index (χ0) is 16.9. The minimum atomic E-state index is 0.0781. The number of nitrogens with zero attached hydrogens (tertiary/aromatic N) is 3. The summed E-state index contributed by atoms with van der Waals surface area (Å²) in [5.41, 5.74) is 1.65. The van der Waals surface area contributed by atoms with Crippen LogP contribution in [0.1, 0.15) is 5.56 Å².